The Hall–Kier alpha value is -2.85. The van der Waals surface area contributed by atoms with E-state index in [1.165, 1.54) is 12.1 Å². The summed E-state index contributed by atoms with van der Waals surface area (Å²) in [7, 11) is 0. The number of fused-ring (bicyclic) bond motifs is 1. The number of aliphatic hydroxyl groups is 1. The third-order valence-electron chi connectivity index (χ3n) is 6.11. The van der Waals surface area contributed by atoms with E-state index in [1.54, 1.807) is 17.7 Å². The van der Waals surface area contributed by atoms with E-state index >= 15 is 0 Å². The summed E-state index contributed by atoms with van der Waals surface area (Å²) in [6.45, 7) is 1.32. The first-order valence-corrected chi connectivity index (χ1v) is 10.6. The number of benzene rings is 1. The zero-order valence-corrected chi connectivity index (χ0v) is 18.3. The van der Waals surface area contributed by atoms with Gasteiger partial charge in [0, 0.05) is 37.0 Å². The third-order valence-corrected chi connectivity index (χ3v) is 6.40. The minimum Gasteiger partial charge on any atom is -0.394 e. The number of halogens is 4. The van der Waals surface area contributed by atoms with Gasteiger partial charge in [-0.15, -0.1) is 0 Å². The molecule has 1 aliphatic heterocycles. The fourth-order valence-corrected chi connectivity index (χ4v) is 4.80. The second-order valence-corrected chi connectivity index (χ2v) is 9.06. The molecule has 176 valence electrons. The number of carbonyl (C=O) groups excluding carboxylic acids is 3. The highest BCUT2D eigenvalue weighted by molar-refractivity contribution is 6.43. The summed E-state index contributed by atoms with van der Waals surface area (Å²) in [5, 5.41) is 14.2. The molecule has 11 heteroatoms. The molecule has 2 aromatic rings. The minimum atomic E-state index is -3.02. The quantitative estimate of drug-likeness (QED) is 0.434. The highest BCUT2D eigenvalue weighted by Crippen LogP contribution is 2.45. The number of anilines is 1. The zero-order valence-electron chi connectivity index (χ0n) is 17.6. The summed E-state index contributed by atoms with van der Waals surface area (Å²) >= 11 is 5.76. The lowest BCUT2D eigenvalue weighted by Crippen LogP contribution is -2.65. The molecular formula is C22H21ClF3N3O4. The molecule has 2 amide bonds. The van der Waals surface area contributed by atoms with Gasteiger partial charge in [-0.2, -0.15) is 0 Å². The minimum absolute atomic E-state index is 0.0291. The number of Topliss-reactive ketones (excluding diaryl/α,β-unsaturated/α-hetero) is 1. The van der Waals surface area contributed by atoms with Crippen LogP contribution in [0.3, 0.4) is 0 Å². The summed E-state index contributed by atoms with van der Waals surface area (Å²) < 4.78 is 41.8. The Balaban J connectivity index is 1.55. The molecule has 2 heterocycles. The molecule has 7 nitrogen and oxygen atoms in total. The van der Waals surface area contributed by atoms with Gasteiger partial charge in [0.15, 0.2) is 0 Å². The number of rotatable bonds is 6. The third kappa shape index (κ3) is 4.24. The number of carbonyl (C=O) groups is 3. The number of aromatic nitrogens is 1. The van der Waals surface area contributed by atoms with Crippen LogP contribution in [0.5, 0.6) is 0 Å². The standard InChI is InChI=1S/C22H21ClF3N3O4/c1-11-7-29-5-4-13(19(32)27-12-2-3-15(24)14(23)6-12)17(29)16(11)18(31)20(33)28-21(10-30)8-22(25,26)9-21/h2-3,6-7,13,30H,4-5,8-10H2,1H3,(H,27,32)(H,28,33). The van der Waals surface area contributed by atoms with Gasteiger partial charge < -0.3 is 20.3 Å². The maximum absolute atomic E-state index is 13.4. The van der Waals surface area contributed by atoms with Gasteiger partial charge in [0.1, 0.15) is 5.82 Å². The van der Waals surface area contributed by atoms with Crippen molar-refractivity contribution in [3.8, 4) is 0 Å². The number of hydrogen-bond donors (Lipinski definition) is 3. The van der Waals surface area contributed by atoms with E-state index in [9.17, 15) is 32.7 Å². The normalized spacial score (nSPS) is 20.0. The molecule has 3 N–H and O–H groups in total. The molecule has 1 aromatic heterocycles. The van der Waals surface area contributed by atoms with E-state index in [1.807, 2.05) is 0 Å². The fourth-order valence-electron chi connectivity index (χ4n) is 4.62. The molecule has 1 saturated carbocycles. The number of nitrogens with one attached hydrogen (secondary N) is 2. The van der Waals surface area contributed by atoms with Crippen LogP contribution in [0.4, 0.5) is 18.9 Å². The molecule has 1 aliphatic carbocycles. The van der Waals surface area contributed by atoms with Crippen LogP contribution in [0.25, 0.3) is 0 Å². The first-order valence-electron chi connectivity index (χ1n) is 10.3. The Morgan fingerprint density at radius 2 is 1.97 bits per heavy atom. The Morgan fingerprint density at radius 1 is 1.27 bits per heavy atom. The van der Waals surface area contributed by atoms with Gasteiger partial charge >= 0.3 is 0 Å². The first kappa shape index (κ1) is 23.3. The highest BCUT2D eigenvalue weighted by atomic mass is 35.5. The average Bonchev–Trinajstić information content (AvgIpc) is 3.26. The summed E-state index contributed by atoms with van der Waals surface area (Å²) in [6, 6.07) is 3.72. The van der Waals surface area contributed by atoms with E-state index in [2.05, 4.69) is 10.6 Å². The van der Waals surface area contributed by atoms with Crippen molar-refractivity contribution in [3.63, 3.8) is 0 Å². The summed E-state index contributed by atoms with van der Waals surface area (Å²) in [6.07, 6.45) is 0.504. The SMILES string of the molecule is Cc1cn2c(c1C(=O)C(=O)NC1(CO)CC(F)(F)C1)C(C(=O)Nc1ccc(F)c(Cl)c1)CC2. The topological polar surface area (TPSA) is 100 Å². The number of alkyl halides is 2. The number of aliphatic hydroxyl groups excluding tert-OH is 1. The Kier molecular flexibility index (Phi) is 5.78. The lowest BCUT2D eigenvalue weighted by molar-refractivity contribution is -0.154. The maximum atomic E-state index is 13.4. The molecule has 0 spiro atoms. The number of ketones is 1. The monoisotopic (exact) mass is 483 g/mol. The van der Waals surface area contributed by atoms with Crippen LogP contribution in [0.15, 0.2) is 24.4 Å². The van der Waals surface area contributed by atoms with Gasteiger partial charge in [0.2, 0.25) is 5.91 Å². The molecule has 2 aliphatic rings. The molecular weight excluding hydrogens is 463 g/mol. The predicted molar refractivity (Wildman–Crippen MR) is 113 cm³/mol. The molecule has 0 saturated heterocycles. The van der Waals surface area contributed by atoms with Crippen LogP contribution >= 0.6 is 11.6 Å². The number of amides is 2. The predicted octanol–water partition coefficient (Wildman–Crippen LogP) is 3.17. The molecule has 1 unspecified atom stereocenters. The van der Waals surface area contributed by atoms with Gasteiger partial charge in [0.05, 0.1) is 28.6 Å². The second kappa shape index (κ2) is 8.18. The van der Waals surface area contributed by atoms with E-state index in [0.717, 1.165) is 6.07 Å². The lowest BCUT2D eigenvalue weighted by Gasteiger charge is -2.46. The van der Waals surface area contributed by atoms with Crippen molar-refractivity contribution in [2.24, 2.45) is 0 Å². The van der Waals surface area contributed by atoms with Gasteiger partial charge in [-0.3, -0.25) is 14.4 Å². The molecule has 4 rings (SSSR count). The summed E-state index contributed by atoms with van der Waals surface area (Å²) in [5.74, 6) is -6.96. The van der Waals surface area contributed by atoms with Crippen molar-refractivity contribution in [2.45, 2.75) is 50.1 Å². The molecule has 1 aromatic carbocycles. The molecule has 1 fully saturated rings. The molecule has 0 bridgehead atoms. The number of hydrogen-bond acceptors (Lipinski definition) is 4. The van der Waals surface area contributed by atoms with Crippen molar-refractivity contribution < 1.29 is 32.7 Å². The fraction of sp³-hybridized carbons (Fsp3) is 0.409. The molecule has 33 heavy (non-hydrogen) atoms. The average molecular weight is 484 g/mol. The second-order valence-electron chi connectivity index (χ2n) is 8.66. The summed E-state index contributed by atoms with van der Waals surface area (Å²) in [5.41, 5.74) is -0.443. The summed E-state index contributed by atoms with van der Waals surface area (Å²) in [4.78, 5) is 38.6. The van der Waals surface area contributed by atoms with Crippen LogP contribution in [0.1, 0.15) is 46.8 Å². The van der Waals surface area contributed by atoms with Crippen molar-refractivity contribution in [1.82, 2.24) is 9.88 Å². The van der Waals surface area contributed by atoms with Gasteiger partial charge in [-0.05, 0) is 37.1 Å². The van der Waals surface area contributed by atoms with Crippen LogP contribution < -0.4 is 10.6 Å². The van der Waals surface area contributed by atoms with Crippen molar-refractivity contribution in [3.05, 3.63) is 52.1 Å². The Labute approximate surface area is 191 Å². The Bertz CT molecular complexity index is 1160. The van der Waals surface area contributed by atoms with Gasteiger partial charge in [-0.1, -0.05) is 11.6 Å². The van der Waals surface area contributed by atoms with E-state index in [4.69, 9.17) is 11.6 Å². The number of aryl methyl sites for hydroxylation is 2. The maximum Gasteiger partial charge on any atom is 0.292 e. The molecule has 0 radical (unpaired) electrons. The molecule has 1 atom stereocenters. The van der Waals surface area contributed by atoms with Crippen LogP contribution in [0, 0.1) is 12.7 Å². The van der Waals surface area contributed by atoms with Crippen molar-refractivity contribution >= 4 is 34.9 Å². The lowest BCUT2D eigenvalue weighted by atomic mass is 9.73. The van der Waals surface area contributed by atoms with E-state index in [-0.39, 0.29) is 16.3 Å². The van der Waals surface area contributed by atoms with E-state index < -0.39 is 60.2 Å². The largest absolute Gasteiger partial charge is 0.394 e. The van der Waals surface area contributed by atoms with Gasteiger partial charge in [0.25, 0.3) is 17.6 Å². The van der Waals surface area contributed by atoms with Crippen LogP contribution in [-0.4, -0.2) is 45.3 Å². The van der Waals surface area contributed by atoms with Crippen molar-refractivity contribution in [1.29, 1.82) is 0 Å². The van der Waals surface area contributed by atoms with Crippen LogP contribution in [0.2, 0.25) is 5.02 Å². The Morgan fingerprint density at radius 3 is 2.58 bits per heavy atom. The van der Waals surface area contributed by atoms with E-state index in [0.29, 0.717) is 24.2 Å². The number of nitrogens with zero attached hydrogens (tertiary/aromatic N) is 1. The van der Waals surface area contributed by atoms with Crippen molar-refractivity contribution in [2.75, 3.05) is 11.9 Å². The van der Waals surface area contributed by atoms with Gasteiger partial charge in [-0.25, -0.2) is 13.2 Å². The zero-order chi connectivity index (χ0) is 24.1. The first-order chi connectivity index (χ1) is 15.4. The smallest absolute Gasteiger partial charge is 0.292 e. The van der Waals surface area contributed by atoms with Crippen LogP contribution in [-0.2, 0) is 16.1 Å². The highest BCUT2D eigenvalue weighted by Gasteiger charge is 2.57.